The Kier molecular flexibility index (Phi) is 4.16. The zero-order valence-corrected chi connectivity index (χ0v) is 11.9. The van der Waals surface area contributed by atoms with Gasteiger partial charge < -0.3 is 15.6 Å². The Bertz CT molecular complexity index is 657. The number of anilines is 1. The molecule has 6 nitrogen and oxygen atoms in total. The molecule has 0 aromatic carbocycles. The van der Waals surface area contributed by atoms with Crippen molar-refractivity contribution in [3.63, 3.8) is 0 Å². The molecule has 1 fully saturated rings. The topological polar surface area (TPSA) is 78.5 Å². The molecule has 0 aliphatic carbocycles. The Hall–Kier alpha value is -2.23. The van der Waals surface area contributed by atoms with E-state index in [0.717, 1.165) is 0 Å². The number of nitrogens with one attached hydrogen (secondary N) is 3. The Labute approximate surface area is 128 Å². The van der Waals surface area contributed by atoms with Crippen molar-refractivity contribution < 1.29 is 17.6 Å². The Morgan fingerprint density at radius 1 is 1.26 bits per heavy atom. The summed E-state index contributed by atoms with van der Waals surface area (Å²) in [6, 6.07) is -0.542. The monoisotopic (exact) mass is 330 g/mol. The lowest BCUT2D eigenvalue weighted by atomic mass is 10.1. The van der Waals surface area contributed by atoms with E-state index >= 15 is 0 Å². The molecule has 1 aliphatic heterocycles. The molecule has 1 aliphatic rings. The molecule has 0 amide bonds. The number of aromatic amines is 1. The summed E-state index contributed by atoms with van der Waals surface area (Å²) in [6.45, 7) is 0.801. The minimum atomic E-state index is -4.61. The van der Waals surface area contributed by atoms with Crippen LogP contribution < -0.4 is 10.6 Å². The zero-order chi connectivity index (χ0) is 16.4. The number of nitrogens with zero attached hydrogens (tertiary/aromatic N) is 3. The van der Waals surface area contributed by atoms with E-state index in [2.05, 4.69) is 30.6 Å². The average Bonchev–Trinajstić information content (AvgIpc) is 3.03. The van der Waals surface area contributed by atoms with Crippen molar-refractivity contribution in [1.29, 1.82) is 0 Å². The first kappa shape index (κ1) is 15.7. The van der Waals surface area contributed by atoms with Crippen molar-refractivity contribution in [3.8, 4) is 11.4 Å². The first-order valence-corrected chi connectivity index (χ1v) is 7.00. The highest BCUT2D eigenvalue weighted by atomic mass is 19.4. The third-order valence-corrected chi connectivity index (χ3v) is 3.56. The van der Waals surface area contributed by atoms with Crippen LogP contribution in [0.4, 0.5) is 23.5 Å². The SMILES string of the molecule is F[C@@H]1CNCC[C@@H]1Nc1ncc(C(F)(F)F)c(-c2c[nH]cn2)n1. The molecule has 1 saturated heterocycles. The summed E-state index contributed by atoms with van der Waals surface area (Å²) in [7, 11) is 0. The van der Waals surface area contributed by atoms with E-state index in [9.17, 15) is 17.6 Å². The molecular weight excluding hydrogens is 316 g/mol. The van der Waals surface area contributed by atoms with Crippen molar-refractivity contribution in [2.75, 3.05) is 18.4 Å². The van der Waals surface area contributed by atoms with Crippen molar-refractivity contribution in [3.05, 3.63) is 24.3 Å². The minimum absolute atomic E-state index is 0.0462. The fraction of sp³-hybridized carbons (Fsp3) is 0.462. The third kappa shape index (κ3) is 3.41. The number of hydrogen-bond donors (Lipinski definition) is 3. The van der Waals surface area contributed by atoms with Gasteiger partial charge in [0, 0.05) is 18.9 Å². The minimum Gasteiger partial charge on any atom is -0.351 e. The van der Waals surface area contributed by atoms with E-state index in [4.69, 9.17) is 0 Å². The maximum Gasteiger partial charge on any atom is 0.420 e. The summed E-state index contributed by atoms with van der Waals surface area (Å²) in [4.78, 5) is 14.0. The van der Waals surface area contributed by atoms with Gasteiger partial charge in [-0.05, 0) is 13.0 Å². The van der Waals surface area contributed by atoms with Gasteiger partial charge in [0.25, 0.3) is 0 Å². The summed E-state index contributed by atoms with van der Waals surface area (Å²) in [6.07, 6.45) is -2.02. The van der Waals surface area contributed by atoms with Crippen LogP contribution in [0, 0.1) is 0 Å². The maximum atomic E-state index is 13.8. The van der Waals surface area contributed by atoms with Gasteiger partial charge in [0.1, 0.15) is 23.1 Å². The normalized spacial score (nSPS) is 22.1. The molecule has 3 rings (SSSR count). The predicted octanol–water partition coefficient (Wildman–Crippen LogP) is 2.00. The van der Waals surface area contributed by atoms with E-state index < -0.39 is 24.0 Å². The number of halogens is 4. The highest BCUT2D eigenvalue weighted by Crippen LogP contribution is 2.35. The molecule has 124 valence electrons. The fourth-order valence-electron chi connectivity index (χ4n) is 2.39. The summed E-state index contributed by atoms with van der Waals surface area (Å²) < 4.78 is 53.1. The Morgan fingerprint density at radius 2 is 2.09 bits per heavy atom. The molecule has 0 saturated carbocycles. The first-order valence-electron chi connectivity index (χ1n) is 7.00. The summed E-state index contributed by atoms with van der Waals surface area (Å²) in [5.41, 5.74) is -1.29. The van der Waals surface area contributed by atoms with E-state index in [1.165, 1.54) is 12.5 Å². The number of rotatable bonds is 3. The molecule has 2 atom stereocenters. The third-order valence-electron chi connectivity index (χ3n) is 3.56. The molecule has 10 heteroatoms. The molecule has 3 N–H and O–H groups in total. The second-order valence-corrected chi connectivity index (χ2v) is 5.17. The van der Waals surface area contributed by atoms with Gasteiger partial charge >= 0.3 is 6.18 Å². The van der Waals surface area contributed by atoms with Gasteiger partial charge in [0.05, 0.1) is 12.4 Å². The lowest BCUT2D eigenvalue weighted by Gasteiger charge is -2.27. The molecule has 23 heavy (non-hydrogen) atoms. The van der Waals surface area contributed by atoms with Crippen LogP contribution in [0.2, 0.25) is 0 Å². The number of imidazole rings is 1. The number of hydrogen-bond acceptors (Lipinski definition) is 5. The number of piperidine rings is 1. The van der Waals surface area contributed by atoms with Crippen molar-refractivity contribution in [1.82, 2.24) is 25.3 Å². The average molecular weight is 330 g/mol. The Morgan fingerprint density at radius 3 is 2.74 bits per heavy atom. The van der Waals surface area contributed by atoms with E-state index in [1.54, 1.807) is 0 Å². The molecule has 0 spiro atoms. The van der Waals surface area contributed by atoms with Crippen molar-refractivity contribution in [2.45, 2.75) is 24.8 Å². The maximum absolute atomic E-state index is 13.8. The van der Waals surface area contributed by atoms with Crippen molar-refractivity contribution >= 4 is 5.95 Å². The van der Waals surface area contributed by atoms with Gasteiger partial charge in [-0.1, -0.05) is 0 Å². The smallest absolute Gasteiger partial charge is 0.351 e. The van der Waals surface area contributed by atoms with Crippen LogP contribution in [-0.4, -0.2) is 45.2 Å². The molecular formula is C13H14F4N6. The van der Waals surface area contributed by atoms with Gasteiger partial charge in [-0.15, -0.1) is 0 Å². The van der Waals surface area contributed by atoms with Crippen molar-refractivity contribution in [2.24, 2.45) is 0 Å². The van der Waals surface area contributed by atoms with Crippen LogP contribution in [0.1, 0.15) is 12.0 Å². The summed E-state index contributed by atoms with van der Waals surface area (Å²) >= 11 is 0. The second kappa shape index (κ2) is 6.11. The van der Waals surface area contributed by atoms with Crippen LogP contribution in [0.25, 0.3) is 11.4 Å². The quantitative estimate of drug-likeness (QED) is 0.750. The standard InChI is InChI=1S/C13H14F4N6/c14-8-4-18-2-1-9(8)22-12-20-3-7(13(15,16)17)11(23-12)10-5-19-6-21-10/h3,5-6,8-9,18H,1-2,4H2,(H,19,21)(H,20,22,23)/t8-,9+/m1/s1. The van der Waals surface area contributed by atoms with E-state index in [1.807, 2.05) is 0 Å². The van der Waals surface area contributed by atoms with E-state index in [0.29, 0.717) is 19.2 Å². The molecule has 3 heterocycles. The molecule has 0 unspecified atom stereocenters. The lowest BCUT2D eigenvalue weighted by molar-refractivity contribution is -0.137. The molecule has 2 aromatic heterocycles. The zero-order valence-electron chi connectivity index (χ0n) is 11.9. The molecule has 0 radical (unpaired) electrons. The fourth-order valence-corrected chi connectivity index (χ4v) is 2.39. The van der Waals surface area contributed by atoms with Gasteiger partial charge in [-0.3, -0.25) is 0 Å². The highest BCUT2D eigenvalue weighted by molar-refractivity contribution is 5.60. The van der Waals surface area contributed by atoms with Crippen LogP contribution >= 0.6 is 0 Å². The van der Waals surface area contributed by atoms with Crippen LogP contribution in [-0.2, 0) is 6.18 Å². The molecule has 2 aromatic rings. The van der Waals surface area contributed by atoms with Crippen LogP contribution in [0.15, 0.2) is 18.7 Å². The largest absolute Gasteiger partial charge is 0.420 e. The summed E-state index contributed by atoms with van der Waals surface area (Å²) in [5.74, 6) is -0.0504. The van der Waals surface area contributed by atoms with Gasteiger partial charge in [0.2, 0.25) is 5.95 Å². The predicted molar refractivity (Wildman–Crippen MR) is 74.4 cm³/mol. The highest BCUT2D eigenvalue weighted by Gasteiger charge is 2.36. The van der Waals surface area contributed by atoms with Gasteiger partial charge in [-0.25, -0.2) is 19.3 Å². The van der Waals surface area contributed by atoms with Crippen LogP contribution in [0.5, 0.6) is 0 Å². The van der Waals surface area contributed by atoms with Gasteiger partial charge in [-0.2, -0.15) is 13.2 Å². The second-order valence-electron chi connectivity index (χ2n) is 5.17. The van der Waals surface area contributed by atoms with Crippen LogP contribution in [0.3, 0.4) is 0 Å². The lowest BCUT2D eigenvalue weighted by Crippen LogP contribution is -2.45. The number of alkyl halides is 4. The number of H-pyrrole nitrogens is 1. The molecule has 0 bridgehead atoms. The first-order chi connectivity index (χ1) is 10.9. The number of aromatic nitrogens is 4. The summed E-state index contributed by atoms with van der Waals surface area (Å²) in [5, 5.41) is 5.66. The van der Waals surface area contributed by atoms with Gasteiger partial charge in [0.15, 0.2) is 0 Å². The Balaban J connectivity index is 1.92. The van der Waals surface area contributed by atoms with E-state index in [-0.39, 0.29) is 23.9 Å².